The van der Waals surface area contributed by atoms with Gasteiger partial charge in [-0.05, 0) is 46.7 Å². The van der Waals surface area contributed by atoms with Crippen LogP contribution in [0.3, 0.4) is 0 Å². The molecule has 1 saturated heterocycles. The lowest BCUT2D eigenvalue weighted by Crippen LogP contribution is -2.50. The molecule has 0 spiro atoms. The first-order valence-electron chi connectivity index (χ1n) is 11.0. The maximum absolute atomic E-state index is 4.91. The average Bonchev–Trinajstić information content (AvgIpc) is 3.34. The lowest BCUT2D eigenvalue weighted by atomic mass is 10.0. The number of aliphatic imine (C=N–C) groups is 1. The summed E-state index contributed by atoms with van der Waals surface area (Å²) in [5.74, 6) is 0.942. The van der Waals surface area contributed by atoms with E-state index in [1.54, 1.807) is 0 Å². The third kappa shape index (κ3) is 5.70. The number of likely N-dealkylation sites (tertiary alicyclic amines) is 1. The van der Waals surface area contributed by atoms with E-state index in [9.17, 15) is 0 Å². The van der Waals surface area contributed by atoms with Crippen molar-refractivity contribution in [1.82, 2.24) is 30.2 Å². The number of aryl methyl sites for hydroxylation is 1. The fraction of sp³-hybridized carbons (Fsp3) is 0.810. The third-order valence-electron chi connectivity index (χ3n) is 6.21. The van der Waals surface area contributed by atoms with Gasteiger partial charge >= 0.3 is 0 Å². The SMILES string of the molecule is CCNC(=NCC(c1cnn(C)c1)N(C)C)NC1CCN(C2CCCC2)CC1. The number of rotatable bonds is 7. The Labute approximate surface area is 170 Å². The molecule has 1 saturated carbocycles. The van der Waals surface area contributed by atoms with Gasteiger partial charge in [0.05, 0.1) is 18.8 Å². The minimum Gasteiger partial charge on any atom is -0.357 e. The van der Waals surface area contributed by atoms with Crippen LogP contribution in [0.4, 0.5) is 0 Å². The number of guanidine groups is 1. The van der Waals surface area contributed by atoms with Gasteiger partial charge in [-0.1, -0.05) is 12.8 Å². The predicted molar refractivity (Wildman–Crippen MR) is 116 cm³/mol. The monoisotopic (exact) mass is 389 g/mol. The van der Waals surface area contributed by atoms with E-state index in [-0.39, 0.29) is 6.04 Å². The van der Waals surface area contributed by atoms with Gasteiger partial charge in [-0.3, -0.25) is 9.67 Å². The molecule has 1 aromatic heterocycles. The fourth-order valence-electron chi connectivity index (χ4n) is 4.55. The molecule has 2 aliphatic rings. The molecule has 1 aliphatic heterocycles. The van der Waals surface area contributed by atoms with Crippen LogP contribution in [0.15, 0.2) is 17.4 Å². The molecule has 7 nitrogen and oxygen atoms in total. The molecule has 2 N–H and O–H groups in total. The maximum Gasteiger partial charge on any atom is 0.191 e. The molecule has 0 radical (unpaired) electrons. The van der Waals surface area contributed by atoms with Crippen molar-refractivity contribution in [2.75, 3.05) is 40.3 Å². The first-order chi connectivity index (χ1) is 13.6. The third-order valence-corrected chi connectivity index (χ3v) is 6.21. The topological polar surface area (TPSA) is 60.7 Å². The van der Waals surface area contributed by atoms with Crippen LogP contribution in [0.25, 0.3) is 0 Å². The molecule has 0 bridgehead atoms. The van der Waals surface area contributed by atoms with Gasteiger partial charge in [-0.25, -0.2) is 0 Å². The summed E-state index contributed by atoms with van der Waals surface area (Å²) >= 11 is 0. The van der Waals surface area contributed by atoms with E-state index in [1.807, 2.05) is 17.9 Å². The second-order valence-electron chi connectivity index (χ2n) is 8.54. The highest BCUT2D eigenvalue weighted by molar-refractivity contribution is 5.80. The summed E-state index contributed by atoms with van der Waals surface area (Å²) in [6, 6.07) is 1.60. The van der Waals surface area contributed by atoms with Gasteiger partial charge in [-0.15, -0.1) is 0 Å². The van der Waals surface area contributed by atoms with Crippen molar-refractivity contribution in [3.63, 3.8) is 0 Å². The summed E-state index contributed by atoms with van der Waals surface area (Å²) in [5.41, 5.74) is 1.21. The fourth-order valence-corrected chi connectivity index (χ4v) is 4.55. The summed E-state index contributed by atoms with van der Waals surface area (Å²) < 4.78 is 1.86. The first-order valence-corrected chi connectivity index (χ1v) is 11.0. The first kappa shape index (κ1) is 21.1. The minimum atomic E-state index is 0.230. The Kier molecular flexibility index (Phi) is 7.73. The number of aromatic nitrogens is 2. The van der Waals surface area contributed by atoms with E-state index in [0.717, 1.165) is 25.1 Å². The number of likely N-dealkylation sites (N-methyl/N-ethyl adjacent to an activating group) is 1. The van der Waals surface area contributed by atoms with Crippen molar-refractivity contribution in [3.8, 4) is 0 Å². The molecule has 0 aromatic carbocycles. The Hall–Kier alpha value is -1.60. The Morgan fingerprint density at radius 3 is 2.54 bits per heavy atom. The number of hydrogen-bond acceptors (Lipinski definition) is 4. The molecule has 2 heterocycles. The number of piperidine rings is 1. The predicted octanol–water partition coefficient (Wildman–Crippen LogP) is 1.98. The molecule has 158 valence electrons. The smallest absolute Gasteiger partial charge is 0.191 e. The molecule has 7 heteroatoms. The van der Waals surface area contributed by atoms with Crippen LogP contribution in [0, 0.1) is 0 Å². The molecular weight excluding hydrogens is 350 g/mol. The van der Waals surface area contributed by atoms with E-state index in [4.69, 9.17) is 4.99 Å². The lowest BCUT2D eigenvalue weighted by Gasteiger charge is -2.36. The zero-order valence-corrected chi connectivity index (χ0v) is 18.2. The van der Waals surface area contributed by atoms with Crippen LogP contribution in [-0.4, -0.2) is 77.9 Å². The highest BCUT2D eigenvalue weighted by atomic mass is 15.3. The zero-order valence-electron chi connectivity index (χ0n) is 18.2. The van der Waals surface area contributed by atoms with Crippen molar-refractivity contribution in [1.29, 1.82) is 0 Å². The van der Waals surface area contributed by atoms with Gasteiger partial charge in [0.1, 0.15) is 0 Å². The van der Waals surface area contributed by atoms with Gasteiger partial charge in [0.2, 0.25) is 0 Å². The van der Waals surface area contributed by atoms with Crippen molar-refractivity contribution in [2.24, 2.45) is 12.0 Å². The summed E-state index contributed by atoms with van der Waals surface area (Å²) in [6.45, 7) is 6.17. The van der Waals surface area contributed by atoms with Crippen molar-refractivity contribution in [3.05, 3.63) is 18.0 Å². The van der Waals surface area contributed by atoms with Crippen LogP contribution in [0.2, 0.25) is 0 Å². The summed E-state index contributed by atoms with van der Waals surface area (Å²) in [5, 5.41) is 11.4. The molecule has 1 aromatic rings. The maximum atomic E-state index is 4.91. The summed E-state index contributed by atoms with van der Waals surface area (Å²) in [4.78, 5) is 9.85. The highest BCUT2D eigenvalue weighted by Gasteiger charge is 2.27. The van der Waals surface area contributed by atoms with Crippen molar-refractivity contribution < 1.29 is 0 Å². The molecule has 3 rings (SSSR count). The number of nitrogens with one attached hydrogen (secondary N) is 2. The second-order valence-corrected chi connectivity index (χ2v) is 8.54. The van der Waals surface area contributed by atoms with Gasteiger partial charge in [-0.2, -0.15) is 5.10 Å². The second kappa shape index (κ2) is 10.3. The van der Waals surface area contributed by atoms with E-state index in [1.165, 1.54) is 57.2 Å². The minimum absolute atomic E-state index is 0.230. The Morgan fingerprint density at radius 1 is 1.25 bits per heavy atom. The quantitative estimate of drug-likeness (QED) is 0.552. The molecule has 0 amide bonds. The van der Waals surface area contributed by atoms with Crippen LogP contribution >= 0.6 is 0 Å². The molecule has 1 aliphatic carbocycles. The normalized spacial score (nSPS) is 21.4. The molecule has 28 heavy (non-hydrogen) atoms. The molecule has 1 atom stereocenters. The van der Waals surface area contributed by atoms with Gasteiger partial charge in [0.15, 0.2) is 5.96 Å². The number of hydrogen-bond donors (Lipinski definition) is 2. The van der Waals surface area contributed by atoms with E-state index < -0.39 is 0 Å². The lowest BCUT2D eigenvalue weighted by molar-refractivity contribution is 0.150. The van der Waals surface area contributed by atoms with Crippen molar-refractivity contribution in [2.45, 2.75) is 63.6 Å². The zero-order chi connectivity index (χ0) is 19.9. The Balaban J connectivity index is 1.55. The van der Waals surface area contributed by atoms with Gasteiger partial charge < -0.3 is 20.4 Å². The van der Waals surface area contributed by atoms with Crippen molar-refractivity contribution >= 4 is 5.96 Å². The highest BCUT2D eigenvalue weighted by Crippen LogP contribution is 2.26. The Bertz CT molecular complexity index is 610. The van der Waals surface area contributed by atoms with Gasteiger partial charge in [0.25, 0.3) is 0 Å². The summed E-state index contributed by atoms with van der Waals surface area (Å²) in [7, 11) is 6.17. The average molecular weight is 390 g/mol. The molecule has 2 fully saturated rings. The van der Waals surface area contributed by atoms with E-state index in [0.29, 0.717) is 6.04 Å². The van der Waals surface area contributed by atoms with E-state index in [2.05, 4.69) is 52.7 Å². The van der Waals surface area contributed by atoms with Crippen LogP contribution in [0.5, 0.6) is 0 Å². The largest absolute Gasteiger partial charge is 0.357 e. The Morgan fingerprint density at radius 2 is 1.96 bits per heavy atom. The molecule has 1 unspecified atom stereocenters. The van der Waals surface area contributed by atoms with E-state index >= 15 is 0 Å². The van der Waals surface area contributed by atoms with Gasteiger partial charge in [0, 0.05) is 50.5 Å². The molecular formula is C21H39N7. The number of nitrogens with zero attached hydrogens (tertiary/aromatic N) is 5. The standard InChI is InChI=1S/C21H39N7/c1-5-22-21(23-15-20(26(2)3)17-14-24-27(4)16-17)25-18-10-12-28(13-11-18)19-8-6-7-9-19/h14,16,18-20H,5-13,15H2,1-4H3,(H2,22,23,25). The van der Waals surface area contributed by atoms with Crippen LogP contribution in [-0.2, 0) is 7.05 Å². The van der Waals surface area contributed by atoms with Crippen LogP contribution < -0.4 is 10.6 Å². The summed E-state index contributed by atoms with van der Waals surface area (Å²) in [6.07, 6.45) is 12.1. The van der Waals surface area contributed by atoms with Crippen LogP contribution in [0.1, 0.15) is 57.1 Å².